The Kier molecular flexibility index (Phi) is 7.20. The van der Waals surface area contributed by atoms with E-state index in [0.717, 1.165) is 19.3 Å². The number of esters is 1. The van der Waals surface area contributed by atoms with Crippen LogP contribution in [0.25, 0.3) is 0 Å². The fraction of sp³-hybridized carbons (Fsp3) is 0.731. The quantitative estimate of drug-likeness (QED) is 0.329. The Morgan fingerprint density at radius 1 is 1.12 bits per heavy atom. The Morgan fingerprint density at radius 2 is 1.91 bits per heavy atom. The molecule has 4 aliphatic heterocycles. The maximum absolute atomic E-state index is 14.1. The van der Waals surface area contributed by atoms with E-state index in [1.54, 1.807) is 4.90 Å². The number of unbranched alkanes of at least 4 members (excludes halogenated alkanes) is 2. The lowest BCUT2D eigenvalue weighted by atomic mass is 9.74. The lowest BCUT2D eigenvalue weighted by molar-refractivity contribution is -0.160. The summed E-state index contributed by atoms with van der Waals surface area (Å²) in [6.45, 7) is 7.14. The standard InChI is InChI=1S/C26H38N2O6/c1-4-11-18(2)27-15-10-13-26-19(20-24(32)33-17-9-6-12-25(20,3)34-26)22(30)28(21(26)23(27)31)14-7-5-8-16-29/h6,10,12-13,18-21,29H,4-5,7-9,11,14-17H2,1-3H3/t18?,19-,20+,21?,25-,26-/m0/s1. The third kappa shape index (κ3) is 3.98. The average Bonchev–Trinajstić information content (AvgIpc) is 3.10. The molecule has 1 spiro atoms. The van der Waals surface area contributed by atoms with Crippen molar-refractivity contribution in [2.45, 2.75) is 82.6 Å². The van der Waals surface area contributed by atoms with Crippen LogP contribution < -0.4 is 0 Å². The Labute approximate surface area is 201 Å². The Balaban J connectivity index is 1.78. The summed E-state index contributed by atoms with van der Waals surface area (Å²) in [5.41, 5.74) is -2.26. The van der Waals surface area contributed by atoms with Crippen molar-refractivity contribution < 1.29 is 29.0 Å². The number of hydrogen-bond acceptors (Lipinski definition) is 6. The molecule has 4 heterocycles. The van der Waals surface area contributed by atoms with E-state index < -0.39 is 35.0 Å². The zero-order chi connectivity index (χ0) is 24.5. The maximum Gasteiger partial charge on any atom is 0.313 e. The maximum atomic E-state index is 14.1. The highest BCUT2D eigenvalue weighted by Gasteiger charge is 2.74. The molecule has 2 unspecified atom stereocenters. The summed E-state index contributed by atoms with van der Waals surface area (Å²) in [4.78, 5) is 44.7. The van der Waals surface area contributed by atoms with Crippen LogP contribution in [0.3, 0.4) is 0 Å². The van der Waals surface area contributed by atoms with Gasteiger partial charge in [0, 0.05) is 25.7 Å². The smallest absolute Gasteiger partial charge is 0.313 e. The van der Waals surface area contributed by atoms with Gasteiger partial charge in [0.15, 0.2) is 0 Å². The van der Waals surface area contributed by atoms with Crippen LogP contribution in [-0.2, 0) is 23.9 Å². The van der Waals surface area contributed by atoms with E-state index in [9.17, 15) is 14.4 Å². The summed E-state index contributed by atoms with van der Waals surface area (Å²) < 4.78 is 12.2. The number of aliphatic hydroxyl groups excluding tert-OH is 1. The Hall–Kier alpha value is -2.19. The molecule has 0 saturated carbocycles. The lowest BCUT2D eigenvalue weighted by Crippen LogP contribution is -2.57. The molecule has 8 heteroatoms. The minimum absolute atomic E-state index is 0.0261. The topological polar surface area (TPSA) is 96.4 Å². The molecule has 0 aliphatic carbocycles. The third-order valence-electron chi connectivity index (χ3n) is 7.85. The van der Waals surface area contributed by atoms with Crippen LogP contribution in [0.15, 0.2) is 24.3 Å². The number of amides is 2. The van der Waals surface area contributed by atoms with Gasteiger partial charge in [0.1, 0.15) is 17.6 Å². The van der Waals surface area contributed by atoms with E-state index in [4.69, 9.17) is 14.6 Å². The summed E-state index contributed by atoms with van der Waals surface area (Å²) in [6, 6.07) is -0.804. The van der Waals surface area contributed by atoms with Gasteiger partial charge in [-0.05, 0) is 46.0 Å². The summed E-state index contributed by atoms with van der Waals surface area (Å²) in [7, 11) is 0. The zero-order valence-corrected chi connectivity index (χ0v) is 20.6. The molecule has 0 aromatic carbocycles. The van der Waals surface area contributed by atoms with E-state index in [2.05, 4.69) is 6.92 Å². The molecule has 2 saturated heterocycles. The predicted octanol–water partition coefficient (Wildman–Crippen LogP) is 2.21. The van der Waals surface area contributed by atoms with Gasteiger partial charge in [-0.25, -0.2) is 0 Å². The van der Waals surface area contributed by atoms with Crippen LogP contribution in [0, 0.1) is 11.8 Å². The summed E-state index contributed by atoms with van der Waals surface area (Å²) in [5.74, 6) is -2.43. The van der Waals surface area contributed by atoms with Crippen molar-refractivity contribution in [2.75, 3.05) is 26.3 Å². The van der Waals surface area contributed by atoms with Crippen molar-refractivity contribution in [3.05, 3.63) is 24.3 Å². The molecule has 0 radical (unpaired) electrons. The van der Waals surface area contributed by atoms with E-state index >= 15 is 0 Å². The molecule has 4 rings (SSSR count). The van der Waals surface area contributed by atoms with E-state index in [1.807, 2.05) is 43.1 Å². The van der Waals surface area contributed by atoms with Crippen molar-refractivity contribution in [1.82, 2.24) is 9.80 Å². The molecule has 1 N–H and O–H groups in total. The first-order valence-electron chi connectivity index (χ1n) is 12.7. The highest BCUT2D eigenvalue weighted by atomic mass is 16.6. The van der Waals surface area contributed by atoms with E-state index in [-0.39, 0.29) is 31.1 Å². The molecule has 188 valence electrons. The van der Waals surface area contributed by atoms with Crippen LogP contribution in [-0.4, -0.2) is 82.3 Å². The number of nitrogens with zero attached hydrogens (tertiary/aromatic N) is 2. The first-order valence-corrected chi connectivity index (χ1v) is 12.7. The Bertz CT molecular complexity index is 871. The normalized spacial score (nSPS) is 35.9. The monoisotopic (exact) mass is 474 g/mol. The van der Waals surface area contributed by atoms with Crippen LogP contribution in [0.2, 0.25) is 0 Å². The minimum Gasteiger partial charge on any atom is -0.465 e. The first kappa shape index (κ1) is 24.9. The van der Waals surface area contributed by atoms with Crippen molar-refractivity contribution in [2.24, 2.45) is 11.8 Å². The number of ether oxygens (including phenoxy) is 2. The molecule has 2 amide bonds. The number of hydrogen-bond donors (Lipinski definition) is 1. The van der Waals surface area contributed by atoms with Gasteiger partial charge in [-0.3, -0.25) is 14.4 Å². The first-order chi connectivity index (χ1) is 16.3. The van der Waals surface area contributed by atoms with Crippen molar-refractivity contribution >= 4 is 17.8 Å². The van der Waals surface area contributed by atoms with Gasteiger partial charge in [0.25, 0.3) is 0 Å². The SMILES string of the molecule is CCCC(C)N1CC=C[C@]23O[C@@]4(C)C=CCCOC(=O)[C@H]4[C@H]2C(=O)N(CCCCCO)C3C1=O. The molecule has 4 aliphatic rings. The molecule has 0 aromatic rings. The molecule has 0 bridgehead atoms. The van der Waals surface area contributed by atoms with Gasteiger partial charge in [-0.15, -0.1) is 0 Å². The second-order valence-corrected chi connectivity index (χ2v) is 10.2. The van der Waals surface area contributed by atoms with Crippen LogP contribution >= 0.6 is 0 Å². The van der Waals surface area contributed by atoms with Crippen LogP contribution in [0.4, 0.5) is 0 Å². The highest BCUT2D eigenvalue weighted by molar-refractivity contribution is 5.99. The highest BCUT2D eigenvalue weighted by Crippen LogP contribution is 2.57. The molecule has 2 fully saturated rings. The lowest BCUT2D eigenvalue weighted by Gasteiger charge is -2.39. The number of carbonyl (C=O) groups is 3. The third-order valence-corrected chi connectivity index (χ3v) is 7.85. The average molecular weight is 475 g/mol. The number of carbonyl (C=O) groups excluding carboxylic acids is 3. The molecule has 34 heavy (non-hydrogen) atoms. The van der Waals surface area contributed by atoms with Gasteiger partial charge in [-0.2, -0.15) is 0 Å². The van der Waals surface area contributed by atoms with E-state index in [1.165, 1.54) is 0 Å². The molecular formula is C26H38N2O6. The van der Waals surface area contributed by atoms with Gasteiger partial charge < -0.3 is 24.4 Å². The predicted molar refractivity (Wildman–Crippen MR) is 126 cm³/mol. The molecular weight excluding hydrogens is 436 g/mol. The van der Waals surface area contributed by atoms with Crippen molar-refractivity contribution in [3.8, 4) is 0 Å². The number of aliphatic hydroxyl groups is 1. The molecule has 6 atom stereocenters. The van der Waals surface area contributed by atoms with E-state index in [0.29, 0.717) is 32.4 Å². The fourth-order valence-corrected chi connectivity index (χ4v) is 6.29. The molecule has 8 nitrogen and oxygen atoms in total. The molecule has 0 aromatic heterocycles. The summed E-state index contributed by atoms with van der Waals surface area (Å²) in [5, 5.41) is 9.16. The number of fused-ring (bicyclic) bond motifs is 2. The Morgan fingerprint density at radius 3 is 2.65 bits per heavy atom. The zero-order valence-electron chi connectivity index (χ0n) is 20.6. The van der Waals surface area contributed by atoms with Gasteiger partial charge in [-0.1, -0.05) is 37.6 Å². The summed E-state index contributed by atoms with van der Waals surface area (Å²) >= 11 is 0. The largest absolute Gasteiger partial charge is 0.465 e. The van der Waals surface area contributed by atoms with Gasteiger partial charge in [0.05, 0.1) is 18.1 Å². The number of cyclic esters (lactones) is 1. The minimum atomic E-state index is -1.22. The van der Waals surface area contributed by atoms with Crippen molar-refractivity contribution in [1.29, 1.82) is 0 Å². The number of likely N-dealkylation sites (tertiary alicyclic amines) is 1. The van der Waals surface area contributed by atoms with Gasteiger partial charge >= 0.3 is 5.97 Å². The van der Waals surface area contributed by atoms with Crippen LogP contribution in [0.1, 0.15) is 59.3 Å². The second-order valence-electron chi connectivity index (χ2n) is 10.2. The fourth-order valence-electron chi connectivity index (χ4n) is 6.29. The number of rotatable bonds is 8. The summed E-state index contributed by atoms with van der Waals surface area (Å²) in [6.07, 6.45) is 12.1. The van der Waals surface area contributed by atoms with Crippen LogP contribution in [0.5, 0.6) is 0 Å². The second kappa shape index (κ2) is 9.82. The van der Waals surface area contributed by atoms with Gasteiger partial charge in [0.2, 0.25) is 11.8 Å². The van der Waals surface area contributed by atoms with Crippen molar-refractivity contribution in [3.63, 3.8) is 0 Å².